The summed E-state index contributed by atoms with van der Waals surface area (Å²) < 4.78 is 114. The Morgan fingerprint density at radius 2 is 1.80 bits per heavy atom. The van der Waals surface area contributed by atoms with Gasteiger partial charge >= 0.3 is 0 Å². The first-order valence-electron chi connectivity index (χ1n) is 16.5. The maximum absolute atomic E-state index is 15.2. The molecular weight excluding hydrogens is 776 g/mol. The van der Waals surface area contributed by atoms with E-state index in [1.807, 2.05) is 0 Å². The number of nitrogens with one attached hydrogen (secondary N) is 3. The van der Waals surface area contributed by atoms with E-state index in [-0.39, 0.29) is 56.2 Å². The average Bonchev–Trinajstić information content (AvgIpc) is 3.71. The van der Waals surface area contributed by atoms with Crippen molar-refractivity contribution in [3.63, 3.8) is 0 Å². The van der Waals surface area contributed by atoms with Crippen molar-refractivity contribution in [2.24, 2.45) is 0 Å². The summed E-state index contributed by atoms with van der Waals surface area (Å²) >= 11 is 6.49. The summed E-state index contributed by atoms with van der Waals surface area (Å²) in [6, 6.07) is 7.33. The van der Waals surface area contributed by atoms with Crippen molar-refractivity contribution in [3.05, 3.63) is 93.0 Å². The van der Waals surface area contributed by atoms with Crippen molar-refractivity contribution in [1.82, 2.24) is 30.3 Å². The fourth-order valence-corrected chi connectivity index (χ4v) is 7.35. The second-order valence-electron chi connectivity index (χ2n) is 13.7. The van der Waals surface area contributed by atoms with Gasteiger partial charge in [0.2, 0.25) is 15.9 Å². The smallest absolute Gasteiger partial charge is 0.290 e. The molecule has 11 nitrogen and oxygen atoms in total. The number of nitrogens with zero attached hydrogens (tertiary/aromatic N) is 4. The second-order valence-corrected chi connectivity index (χ2v) is 15.9. The van der Waals surface area contributed by atoms with Gasteiger partial charge in [-0.05, 0) is 68.0 Å². The van der Waals surface area contributed by atoms with E-state index < -0.39 is 81.8 Å². The van der Waals surface area contributed by atoms with E-state index in [4.69, 9.17) is 11.6 Å². The van der Waals surface area contributed by atoms with Gasteiger partial charge in [-0.15, -0.1) is 0 Å². The number of pyridine rings is 1. The maximum atomic E-state index is 15.2. The molecule has 2 aromatic carbocycles. The van der Waals surface area contributed by atoms with E-state index in [2.05, 4.69) is 42.2 Å². The first-order chi connectivity index (χ1) is 25.6. The molecule has 55 heavy (non-hydrogen) atoms. The Labute approximate surface area is 315 Å². The van der Waals surface area contributed by atoms with Crippen molar-refractivity contribution in [2.45, 2.75) is 70.1 Å². The third kappa shape index (κ3) is 8.58. The molecule has 1 aliphatic rings. The minimum Gasteiger partial charge on any atom is -0.378 e. The third-order valence-corrected chi connectivity index (χ3v) is 9.49. The van der Waals surface area contributed by atoms with Gasteiger partial charge in [0.05, 0.1) is 33.9 Å². The summed E-state index contributed by atoms with van der Waals surface area (Å²) in [5, 5.41) is 23.7. The number of hydrogen-bond donors (Lipinski definition) is 4. The molecule has 0 bridgehead atoms. The van der Waals surface area contributed by atoms with Crippen molar-refractivity contribution in [2.75, 3.05) is 11.0 Å². The first kappa shape index (κ1) is 39.6. The Kier molecular flexibility index (Phi) is 10.4. The Bertz CT molecular complexity index is 2490. The molecule has 0 spiro atoms. The lowest BCUT2D eigenvalue weighted by Gasteiger charge is -2.23. The second kappa shape index (κ2) is 14.5. The summed E-state index contributed by atoms with van der Waals surface area (Å²) in [7, 11) is -3.82. The number of sulfonamides is 1. The van der Waals surface area contributed by atoms with Crippen LogP contribution in [-0.4, -0.2) is 56.3 Å². The normalized spacial score (nSPS) is 15.8. The number of aliphatic hydroxyl groups is 1. The van der Waals surface area contributed by atoms with Crippen LogP contribution in [-0.2, 0) is 33.7 Å². The Morgan fingerprint density at radius 3 is 2.44 bits per heavy atom. The van der Waals surface area contributed by atoms with E-state index in [1.165, 1.54) is 39.0 Å². The number of fused-ring (bicyclic) bond motifs is 2. The molecule has 3 aromatic heterocycles. The van der Waals surface area contributed by atoms with Crippen LogP contribution < -0.4 is 10.0 Å². The van der Waals surface area contributed by atoms with Gasteiger partial charge in [0.1, 0.15) is 40.9 Å². The molecule has 0 saturated carbocycles. The Balaban J connectivity index is 1.52. The zero-order valence-electron chi connectivity index (χ0n) is 29.4. The summed E-state index contributed by atoms with van der Waals surface area (Å²) in [6.45, 7) is 3.28. The summed E-state index contributed by atoms with van der Waals surface area (Å²) in [6.07, 6.45) is -3.39. The number of amides is 1. The molecule has 0 fully saturated rings. The number of hydrogen-bond acceptors (Lipinski definition) is 7. The highest BCUT2D eigenvalue weighted by Gasteiger charge is 2.50. The molecule has 2 unspecified atom stereocenters. The molecule has 1 aliphatic carbocycles. The lowest BCUT2D eigenvalue weighted by molar-refractivity contribution is -0.122. The predicted octanol–water partition coefficient (Wildman–Crippen LogP) is 6.88. The number of H-pyrrole nitrogens is 1. The van der Waals surface area contributed by atoms with Gasteiger partial charge in [0.15, 0.2) is 5.82 Å². The van der Waals surface area contributed by atoms with Crippen molar-refractivity contribution < 1.29 is 44.7 Å². The van der Waals surface area contributed by atoms with Crippen LogP contribution in [0.4, 0.5) is 32.2 Å². The standard InChI is InChI=1S/C36H32ClF6N7O4S/c1-17-15-36(42,43)32-27(17)31(33(40)41)48-50(32)16-26(51)45-25(13-18-11-19(38)14-20(39)12-18)29-22(6-5-21(44-29)9-10-35(2,3)52)23-7-8-24(37)28-30(23)46-47-34(28)49-55(4,53)54/h5-8,11-12,14,17,25,33,52H,13,15-16H2,1-4H3,(H,45,51)(H2,46,47,49). The SMILES string of the molecule is CC1CC(F)(F)c2c1c(C(F)F)nn2CC(=O)NC(Cc1cc(F)cc(F)c1)c1nc(C#CC(C)(C)O)ccc1-c1ccc(Cl)c2c(NS(C)(=O)=O)n[nH]c12. The number of anilines is 1. The lowest BCUT2D eigenvalue weighted by Crippen LogP contribution is -2.35. The highest BCUT2D eigenvalue weighted by molar-refractivity contribution is 7.92. The topological polar surface area (TPSA) is 155 Å². The molecule has 2 atom stereocenters. The Hall–Kier alpha value is -5.12. The summed E-state index contributed by atoms with van der Waals surface area (Å²) in [5.74, 6) is -2.18. The minimum atomic E-state index is -3.82. The fourth-order valence-electron chi connectivity index (χ4n) is 6.60. The van der Waals surface area contributed by atoms with Crippen molar-refractivity contribution >= 4 is 44.3 Å². The van der Waals surface area contributed by atoms with E-state index in [0.29, 0.717) is 16.3 Å². The van der Waals surface area contributed by atoms with E-state index in [9.17, 15) is 35.9 Å². The molecule has 6 rings (SSSR count). The van der Waals surface area contributed by atoms with Gasteiger partial charge in [-0.3, -0.25) is 19.3 Å². The predicted molar refractivity (Wildman–Crippen MR) is 191 cm³/mol. The van der Waals surface area contributed by atoms with Crippen LogP contribution in [0.5, 0.6) is 0 Å². The van der Waals surface area contributed by atoms with Crippen molar-refractivity contribution in [1.29, 1.82) is 0 Å². The zero-order chi connectivity index (χ0) is 40.2. The summed E-state index contributed by atoms with van der Waals surface area (Å²) in [4.78, 5) is 18.5. The highest BCUT2D eigenvalue weighted by Crippen LogP contribution is 2.51. The molecule has 290 valence electrons. The number of aromatic amines is 1. The van der Waals surface area contributed by atoms with Gasteiger partial charge in [-0.1, -0.05) is 30.5 Å². The van der Waals surface area contributed by atoms with Crippen LogP contribution in [0.15, 0.2) is 42.5 Å². The molecule has 19 heteroatoms. The monoisotopic (exact) mass is 807 g/mol. The number of halogens is 7. The maximum Gasteiger partial charge on any atom is 0.290 e. The molecule has 1 amide bonds. The number of aromatic nitrogens is 5. The largest absolute Gasteiger partial charge is 0.378 e. The number of carbonyl (C=O) groups excluding carboxylic acids is 1. The molecule has 0 saturated heterocycles. The third-order valence-electron chi connectivity index (χ3n) is 8.61. The van der Waals surface area contributed by atoms with Gasteiger partial charge in [-0.2, -0.15) is 19.0 Å². The van der Waals surface area contributed by atoms with Crippen molar-refractivity contribution in [3.8, 4) is 23.0 Å². The van der Waals surface area contributed by atoms with Gasteiger partial charge in [-0.25, -0.2) is 31.0 Å². The van der Waals surface area contributed by atoms with Gasteiger partial charge in [0, 0.05) is 29.2 Å². The Morgan fingerprint density at radius 1 is 1.13 bits per heavy atom. The molecule has 0 radical (unpaired) electrons. The lowest BCUT2D eigenvalue weighted by atomic mass is 9.93. The molecule has 0 aliphatic heterocycles. The van der Waals surface area contributed by atoms with Gasteiger partial charge in [0.25, 0.3) is 12.3 Å². The molecular formula is C36H32ClF6N7O4S. The van der Waals surface area contributed by atoms with E-state index in [0.717, 1.165) is 18.4 Å². The number of benzene rings is 2. The quantitative estimate of drug-likeness (QED) is 0.0886. The number of alkyl halides is 4. The van der Waals surface area contributed by atoms with Crippen LogP contribution in [0.2, 0.25) is 5.02 Å². The number of carbonyl (C=O) groups is 1. The first-order valence-corrected chi connectivity index (χ1v) is 18.8. The fraction of sp³-hybridized carbons (Fsp3) is 0.333. The van der Waals surface area contributed by atoms with E-state index in [1.54, 1.807) is 6.07 Å². The van der Waals surface area contributed by atoms with Crippen LogP contribution in [0.3, 0.4) is 0 Å². The van der Waals surface area contributed by atoms with Crippen LogP contribution >= 0.6 is 11.6 Å². The van der Waals surface area contributed by atoms with Crippen LogP contribution in [0.1, 0.15) is 79.5 Å². The van der Waals surface area contributed by atoms with Gasteiger partial charge < -0.3 is 10.4 Å². The average molecular weight is 808 g/mol. The van der Waals surface area contributed by atoms with Crippen LogP contribution in [0, 0.1) is 23.5 Å². The van der Waals surface area contributed by atoms with E-state index >= 15 is 8.78 Å². The summed E-state index contributed by atoms with van der Waals surface area (Å²) in [5.41, 5.74) is -2.60. The number of rotatable bonds is 10. The molecule has 4 N–H and O–H groups in total. The molecule has 5 aromatic rings. The highest BCUT2D eigenvalue weighted by atomic mass is 35.5. The zero-order valence-corrected chi connectivity index (χ0v) is 31.0. The van der Waals surface area contributed by atoms with Crippen LogP contribution in [0.25, 0.3) is 22.0 Å². The minimum absolute atomic E-state index is 0.00863. The molecule has 3 heterocycles.